The molecule has 0 aliphatic rings. The maximum atomic E-state index is 9.43. The van der Waals surface area contributed by atoms with Gasteiger partial charge in [0.05, 0.1) is 5.01 Å². The second-order valence-electron chi connectivity index (χ2n) is 4.39. The fourth-order valence-electron chi connectivity index (χ4n) is 1.82. The Morgan fingerprint density at radius 3 is 2.94 bits per heavy atom. The lowest BCUT2D eigenvalue weighted by atomic mass is 10.1. The van der Waals surface area contributed by atoms with E-state index in [1.54, 1.807) is 23.5 Å². The quantitative estimate of drug-likeness (QED) is 0.870. The third-order valence-electron chi connectivity index (χ3n) is 2.83. The van der Waals surface area contributed by atoms with E-state index < -0.39 is 0 Å². The summed E-state index contributed by atoms with van der Waals surface area (Å²) in [6.45, 7) is 5.07. The number of aryl methyl sites for hydroxylation is 1. The summed E-state index contributed by atoms with van der Waals surface area (Å²) < 4.78 is 0. The zero-order valence-corrected chi connectivity index (χ0v) is 11.5. The average molecular weight is 262 g/mol. The minimum Gasteiger partial charge on any atom is -0.508 e. The smallest absolute Gasteiger partial charge is 0.115 e. The van der Waals surface area contributed by atoms with Gasteiger partial charge < -0.3 is 10.4 Å². The lowest BCUT2D eigenvalue weighted by Gasteiger charge is -2.13. The van der Waals surface area contributed by atoms with Crippen LogP contribution >= 0.6 is 11.3 Å². The van der Waals surface area contributed by atoms with Crippen LogP contribution in [0.4, 0.5) is 0 Å². The number of nitrogens with one attached hydrogen (secondary N) is 1. The Balaban J connectivity index is 1.83. The zero-order chi connectivity index (χ0) is 13.0. The largest absolute Gasteiger partial charge is 0.508 e. The third-order valence-corrected chi connectivity index (χ3v) is 3.80. The van der Waals surface area contributed by atoms with Crippen LogP contribution < -0.4 is 5.32 Å². The topological polar surface area (TPSA) is 45.2 Å². The Labute approximate surface area is 112 Å². The van der Waals surface area contributed by atoms with Gasteiger partial charge in [0.25, 0.3) is 0 Å². The van der Waals surface area contributed by atoms with Gasteiger partial charge in [-0.15, -0.1) is 11.3 Å². The minimum absolute atomic E-state index is 0.234. The molecule has 0 spiro atoms. The molecule has 0 saturated carbocycles. The van der Waals surface area contributed by atoms with Crippen molar-refractivity contribution in [2.45, 2.75) is 26.3 Å². The number of nitrogens with zero attached hydrogens (tertiary/aromatic N) is 1. The number of hydrogen-bond donors (Lipinski definition) is 2. The third kappa shape index (κ3) is 3.55. The lowest BCUT2D eigenvalue weighted by molar-refractivity contribution is 0.472. The SMILES string of the molecule is Cc1cnc(CCNC(C)c2cccc(O)c2)s1. The van der Waals surface area contributed by atoms with Crippen molar-refractivity contribution in [3.63, 3.8) is 0 Å². The zero-order valence-electron chi connectivity index (χ0n) is 10.7. The minimum atomic E-state index is 0.234. The van der Waals surface area contributed by atoms with Crippen molar-refractivity contribution in [1.82, 2.24) is 10.3 Å². The molecule has 0 radical (unpaired) electrons. The van der Waals surface area contributed by atoms with Crippen molar-refractivity contribution in [1.29, 1.82) is 0 Å². The number of phenolic OH excluding ortho intramolecular Hbond substituents is 1. The molecule has 18 heavy (non-hydrogen) atoms. The van der Waals surface area contributed by atoms with Crippen LogP contribution in [0.25, 0.3) is 0 Å². The molecule has 1 heterocycles. The first-order valence-corrected chi connectivity index (χ1v) is 6.90. The van der Waals surface area contributed by atoms with Crippen LogP contribution in [0.15, 0.2) is 30.5 Å². The average Bonchev–Trinajstić information content (AvgIpc) is 2.75. The molecule has 1 aromatic carbocycles. The fraction of sp³-hybridized carbons (Fsp3) is 0.357. The second kappa shape index (κ2) is 5.98. The summed E-state index contributed by atoms with van der Waals surface area (Å²) in [7, 11) is 0. The van der Waals surface area contributed by atoms with Gasteiger partial charge >= 0.3 is 0 Å². The molecule has 0 bridgehead atoms. The molecule has 96 valence electrons. The van der Waals surface area contributed by atoms with Crippen molar-refractivity contribution in [3.05, 3.63) is 45.9 Å². The molecule has 0 saturated heterocycles. The number of rotatable bonds is 5. The van der Waals surface area contributed by atoms with Crippen molar-refractivity contribution >= 4 is 11.3 Å². The lowest BCUT2D eigenvalue weighted by Crippen LogP contribution is -2.21. The van der Waals surface area contributed by atoms with Crippen LogP contribution in [0.2, 0.25) is 0 Å². The van der Waals surface area contributed by atoms with E-state index in [4.69, 9.17) is 0 Å². The van der Waals surface area contributed by atoms with Crippen molar-refractivity contribution in [2.75, 3.05) is 6.54 Å². The Kier molecular flexibility index (Phi) is 4.33. The highest BCUT2D eigenvalue weighted by atomic mass is 32.1. The number of aromatic nitrogens is 1. The maximum absolute atomic E-state index is 9.43. The van der Waals surface area contributed by atoms with E-state index in [1.165, 1.54) is 9.88 Å². The van der Waals surface area contributed by atoms with E-state index in [0.717, 1.165) is 18.5 Å². The Bertz CT molecular complexity index is 510. The molecular formula is C14H18N2OS. The first-order valence-electron chi connectivity index (χ1n) is 6.09. The summed E-state index contributed by atoms with van der Waals surface area (Å²) in [5.74, 6) is 0.316. The monoisotopic (exact) mass is 262 g/mol. The van der Waals surface area contributed by atoms with E-state index in [1.807, 2.05) is 18.3 Å². The number of benzene rings is 1. The molecule has 2 rings (SSSR count). The van der Waals surface area contributed by atoms with Gasteiger partial charge in [-0.2, -0.15) is 0 Å². The molecule has 0 aliphatic carbocycles. The number of aromatic hydroxyl groups is 1. The van der Waals surface area contributed by atoms with E-state index >= 15 is 0 Å². The highest BCUT2D eigenvalue weighted by molar-refractivity contribution is 7.11. The number of hydrogen-bond acceptors (Lipinski definition) is 4. The summed E-state index contributed by atoms with van der Waals surface area (Å²) in [5, 5.41) is 14.0. The van der Waals surface area contributed by atoms with Crippen molar-refractivity contribution < 1.29 is 5.11 Å². The van der Waals surface area contributed by atoms with Gasteiger partial charge in [-0.3, -0.25) is 0 Å². The van der Waals surface area contributed by atoms with Crippen molar-refractivity contribution in [3.8, 4) is 5.75 Å². The maximum Gasteiger partial charge on any atom is 0.115 e. The highest BCUT2D eigenvalue weighted by Crippen LogP contribution is 2.18. The van der Waals surface area contributed by atoms with Gasteiger partial charge in [0.1, 0.15) is 5.75 Å². The summed E-state index contributed by atoms with van der Waals surface area (Å²) in [5.41, 5.74) is 1.10. The standard InChI is InChI=1S/C14H18N2OS/c1-10-9-16-14(18-10)6-7-15-11(2)12-4-3-5-13(17)8-12/h3-5,8-9,11,15,17H,6-7H2,1-2H3. The Hall–Kier alpha value is -1.39. The van der Waals surface area contributed by atoms with Crippen LogP contribution in [0.1, 0.15) is 28.4 Å². The van der Waals surface area contributed by atoms with Gasteiger partial charge in [0.15, 0.2) is 0 Å². The van der Waals surface area contributed by atoms with Gasteiger partial charge in [0.2, 0.25) is 0 Å². The molecule has 1 unspecified atom stereocenters. The molecule has 2 aromatic rings. The fourth-order valence-corrected chi connectivity index (χ4v) is 2.61. The van der Waals surface area contributed by atoms with E-state index in [-0.39, 0.29) is 6.04 Å². The van der Waals surface area contributed by atoms with Crippen LogP contribution in [-0.4, -0.2) is 16.6 Å². The van der Waals surface area contributed by atoms with E-state index in [9.17, 15) is 5.11 Å². The molecule has 0 fully saturated rings. The number of phenols is 1. The summed E-state index contributed by atoms with van der Waals surface area (Å²) in [4.78, 5) is 5.59. The Morgan fingerprint density at radius 1 is 1.44 bits per heavy atom. The normalized spacial score (nSPS) is 12.6. The summed E-state index contributed by atoms with van der Waals surface area (Å²) >= 11 is 1.75. The Morgan fingerprint density at radius 2 is 2.28 bits per heavy atom. The molecular weight excluding hydrogens is 244 g/mol. The molecule has 1 atom stereocenters. The van der Waals surface area contributed by atoms with Crippen LogP contribution in [-0.2, 0) is 6.42 Å². The second-order valence-corrected chi connectivity index (χ2v) is 5.70. The molecule has 0 aliphatic heterocycles. The molecule has 2 N–H and O–H groups in total. The van der Waals surface area contributed by atoms with Crippen LogP contribution in [0, 0.1) is 6.92 Å². The van der Waals surface area contributed by atoms with Gasteiger partial charge in [0, 0.05) is 30.1 Å². The van der Waals surface area contributed by atoms with Crippen LogP contribution in [0.5, 0.6) is 5.75 Å². The molecule has 3 nitrogen and oxygen atoms in total. The van der Waals surface area contributed by atoms with Gasteiger partial charge in [-0.25, -0.2) is 4.98 Å². The summed E-state index contributed by atoms with van der Waals surface area (Å²) in [6, 6.07) is 7.61. The predicted octanol–water partition coefficient (Wildman–Crippen LogP) is 3.05. The predicted molar refractivity (Wildman–Crippen MR) is 75.1 cm³/mol. The van der Waals surface area contributed by atoms with Crippen LogP contribution in [0.3, 0.4) is 0 Å². The number of thiazole rings is 1. The highest BCUT2D eigenvalue weighted by Gasteiger charge is 2.05. The molecule has 1 aromatic heterocycles. The first kappa shape index (κ1) is 13.1. The molecule has 4 heteroatoms. The van der Waals surface area contributed by atoms with E-state index in [0.29, 0.717) is 5.75 Å². The first-order chi connectivity index (χ1) is 8.65. The van der Waals surface area contributed by atoms with E-state index in [2.05, 4.69) is 24.1 Å². The van der Waals surface area contributed by atoms with Crippen molar-refractivity contribution in [2.24, 2.45) is 0 Å². The molecule has 0 amide bonds. The summed E-state index contributed by atoms with van der Waals surface area (Å²) in [6.07, 6.45) is 2.86. The van der Waals surface area contributed by atoms with Gasteiger partial charge in [-0.05, 0) is 31.5 Å². The van der Waals surface area contributed by atoms with Gasteiger partial charge in [-0.1, -0.05) is 12.1 Å².